The van der Waals surface area contributed by atoms with Crippen LogP contribution < -0.4 is 25.9 Å². The van der Waals surface area contributed by atoms with E-state index in [0.717, 1.165) is 35.2 Å². The molecule has 2 aromatic carbocycles. The highest BCUT2D eigenvalue weighted by molar-refractivity contribution is 5.92. The number of nitrogens with one attached hydrogen (secondary N) is 1. The number of carbonyl (C=O) groups is 1. The quantitative estimate of drug-likeness (QED) is 0.245. The van der Waals surface area contributed by atoms with E-state index in [1.807, 2.05) is 57.2 Å². The second kappa shape index (κ2) is 11.4. The van der Waals surface area contributed by atoms with Gasteiger partial charge in [-0.15, -0.1) is 0 Å². The number of fused-ring (bicyclic) bond motifs is 7. The monoisotopic (exact) mass is 627 g/mol. The van der Waals surface area contributed by atoms with Crippen molar-refractivity contribution in [2.45, 2.75) is 64.5 Å². The van der Waals surface area contributed by atoms with Gasteiger partial charge in [-0.25, -0.2) is 10.0 Å². The summed E-state index contributed by atoms with van der Waals surface area (Å²) in [7, 11) is 0. The van der Waals surface area contributed by atoms with Gasteiger partial charge in [-0.05, 0) is 63.1 Å². The van der Waals surface area contributed by atoms with E-state index in [4.69, 9.17) is 13.9 Å². The number of aromatic nitrogens is 1. The molecule has 1 saturated heterocycles. The zero-order valence-corrected chi connectivity index (χ0v) is 26.1. The highest BCUT2D eigenvalue weighted by Crippen LogP contribution is 2.43. The normalized spacial score (nSPS) is 20.4. The maximum Gasteiger partial charge on any atom is 0.340 e. The maximum atomic E-state index is 13.6. The molecule has 11 nitrogen and oxygen atoms in total. The number of amides is 1. The second-order valence-corrected chi connectivity index (χ2v) is 13.4. The van der Waals surface area contributed by atoms with Crippen molar-refractivity contribution in [3.05, 3.63) is 102 Å². The van der Waals surface area contributed by atoms with E-state index in [9.17, 15) is 24.8 Å². The maximum absolute atomic E-state index is 13.6. The van der Waals surface area contributed by atoms with Crippen molar-refractivity contribution in [2.75, 3.05) is 19.7 Å². The Hall–Kier alpha value is -4.45. The number of piperidine rings is 1. The van der Waals surface area contributed by atoms with Crippen LogP contribution in [0.3, 0.4) is 0 Å². The number of rotatable bonds is 6. The molecule has 1 fully saturated rings. The zero-order chi connectivity index (χ0) is 32.3. The fourth-order valence-electron chi connectivity index (χ4n) is 7.34. The summed E-state index contributed by atoms with van der Waals surface area (Å²) in [6.45, 7) is 6.90. The summed E-state index contributed by atoms with van der Waals surface area (Å²) in [6.07, 6.45) is 2.65. The number of ether oxygens (including phenoxy) is 2. The van der Waals surface area contributed by atoms with E-state index in [1.165, 1.54) is 6.07 Å². The van der Waals surface area contributed by atoms with Gasteiger partial charge in [0.15, 0.2) is 6.61 Å². The Morgan fingerprint density at radius 3 is 2.67 bits per heavy atom. The van der Waals surface area contributed by atoms with E-state index in [-0.39, 0.29) is 30.0 Å². The largest absolute Gasteiger partial charge is 0.595 e. The second-order valence-electron chi connectivity index (χ2n) is 13.4. The number of aryl methyl sites for hydroxylation is 2. The molecule has 240 valence electrons. The smallest absolute Gasteiger partial charge is 0.340 e. The third-order valence-corrected chi connectivity index (χ3v) is 9.70. The number of carbonyl (C=O) groups excluding carboxylic acids is 1. The molecule has 7 rings (SSSR count). The minimum atomic E-state index is -1.24. The third kappa shape index (κ3) is 5.38. The Balaban J connectivity index is 1.19. The van der Waals surface area contributed by atoms with Crippen molar-refractivity contribution in [1.29, 1.82) is 0 Å². The molecule has 3 atom stereocenters. The summed E-state index contributed by atoms with van der Waals surface area (Å²) >= 11 is 0. The van der Waals surface area contributed by atoms with Gasteiger partial charge in [-0.1, -0.05) is 30.3 Å². The van der Waals surface area contributed by atoms with Gasteiger partial charge in [-0.3, -0.25) is 9.59 Å². The molecule has 0 spiro atoms. The van der Waals surface area contributed by atoms with E-state index in [0.29, 0.717) is 60.5 Å². The van der Waals surface area contributed by atoms with Crippen LogP contribution in [-0.2, 0) is 24.2 Å². The summed E-state index contributed by atoms with van der Waals surface area (Å²) in [5.74, 6) is 0.753. The van der Waals surface area contributed by atoms with Crippen molar-refractivity contribution in [1.82, 2.24) is 9.47 Å². The van der Waals surface area contributed by atoms with Crippen LogP contribution in [0, 0.1) is 18.0 Å². The first kappa shape index (κ1) is 30.2. The Morgan fingerprint density at radius 1 is 1.13 bits per heavy atom. The number of quaternary nitrogens is 1. The summed E-state index contributed by atoms with van der Waals surface area (Å²) in [6, 6.07) is 14.6. The average molecular weight is 628 g/mol. The Kier molecular flexibility index (Phi) is 7.50. The van der Waals surface area contributed by atoms with Crippen LogP contribution in [0.25, 0.3) is 11.0 Å². The van der Waals surface area contributed by atoms with Gasteiger partial charge in [-0.2, -0.15) is 5.23 Å². The van der Waals surface area contributed by atoms with Crippen LogP contribution in [0.5, 0.6) is 11.5 Å². The molecule has 3 aliphatic rings. The topological polar surface area (TPSA) is 139 Å². The minimum absolute atomic E-state index is 0.0224. The molecule has 0 saturated carbocycles. The van der Waals surface area contributed by atoms with E-state index >= 15 is 0 Å². The summed E-state index contributed by atoms with van der Waals surface area (Å²) < 4.78 is 20.2. The predicted octanol–water partition coefficient (Wildman–Crippen LogP) is 3.39. The fourth-order valence-corrected chi connectivity index (χ4v) is 7.34. The van der Waals surface area contributed by atoms with Gasteiger partial charge in [0.25, 0.3) is 5.91 Å². The molecule has 46 heavy (non-hydrogen) atoms. The Bertz CT molecular complexity index is 1960. The number of pyridine rings is 1. The predicted molar refractivity (Wildman–Crippen MR) is 169 cm³/mol. The minimum Gasteiger partial charge on any atom is -0.595 e. The lowest BCUT2D eigenvalue weighted by molar-refractivity contribution is -0.992. The third-order valence-electron chi connectivity index (χ3n) is 9.70. The molecule has 3 aliphatic heterocycles. The molecule has 1 amide bonds. The highest BCUT2D eigenvalue weighted by Gasteiger charge is 2.38. The van der Waals surface area contributed by atoms with Crippen molar-refractivity contribution in [3.8, 4) is 11.5 Å². The van der Waals surface area contributed by atoms with Gasteiger partial charge in [0, 0.05) is 60.9 Å². The van der Waals surface area contributed by atoms with Crippen LogP contribution in [-0.4, -0.2) is 45.9 Å². The summed E-state index contributed by atoms with van der Waals surface area (Å²) in [4.78, 5) is 41.6. The van der Waals surface area contributed by atoms with Gasteiger partial charge < -0.3 is 28.6 Å². The summed E-state index contributed by atoms with van der Waals surface area (Å²) in [5, 5.41) is 20.3. The number of benzene rings is 2. The van der Waals surface area contributed by atoms with Crippen molar-refractivity contribution < 1.29 is 29.1 Å². The highest BCUT2D eigenvalue weighted by atomic mass is 16.8. The molecule has 0 aliphatic carbocycles. The number of hydrogen-bond donors (Lipinski definition) is 2. The summed E-state index contributed by atoms with van der Waals surface area (Å²) in [5.41, 5.74) is 2.73. The lowest BCUT2D eigenvalue weighted by Crippen LogP contribution is -3.00. The fraction of sp³-hybridized carbons (Fsp3) is 0.400. The first-order chi connectivity index (χ1) is 22.0. The van der Waals surface area contributed by atoms with Crippen LogP contribution >= 0.6 is 0 Å². The molecule has 2 N–H and O–H groups in total. The Morgan fingerprint density at radius 2 is 1.91 bits per heavy atom. The molecule has 4 aromatic rings. The van der Waals surface area contributed by atoms with Crippen LogP contribution in [0.2, 0.25) is 0 Å². The van der Waals surface area contributed by atoms with Gasteiger partial charge in [0.2, 0.25) is 5.69 Å². The molecule has 0 radical (unpaired) electrons. The molecular weight excluding hydrogens is 590 g/mol. The first-order valence-electron chi connectivity index (χ1n) is 15.7. The standard InChI is InChI=1S/C35H37N3O8/c1-20-25(14-21-7-5-4-6-8-21)34(41)45-32-24-11-12-35(2,3)46-28(24)15-29(31(20)32)44-19-30(39)36-16-22-13-23(18-36)26-9-10-27(38(42)43)33(40)37(26)17-22/h4-10,15,22-23,38,42H,11-14,16-19H2,1-3H3. The molecular formula is C35H37N3O8. The van der Waals surface area contributed by atoms with Gasteiger partial charge >= 0.3 is 11.2 Å². The zero-order valence-electron chi connectivity index (χ0n) is 26.1. The molecule has 3 unspecified atom stereocenters. The molecule has 5 heterocycles. The van der Waals surface area contributed by atoms with Crippen LogP contribution in [0.15, 0.2) is 62.5 Å². The van der Waals surface area contributed by atoms with E-state index in [1.54, 1.807) is 15.5 Å². The number of nitrogens with zero attached hydrogens (tertiary/aromatic N) is 2. The molecule has 11 heteroatoms. The lowest BCUT2D eigenvalue weighted by atomic mass is 9.83. The molecule has 2 bridgehead atoms. The van der Waals surface area contributed by atoms with Crippen LogP contribution in [0.4, 0.5) is 5.69 Å². The van der Waals surface area contributed by atoms with Crippen LogP contribution in [0.1, 0.15) is 60.6 Å². The van der Waals surface area contributed by atoms with Gasteiger partial charge in [0.05, 0.1) is 5.39 Å². The van der Waals surface area contributed by atoms with Crippen molar-refractivity contribution >= 4 is 22.6 Å². The molecule has 2 aromatic heterocycles. The lowest BCUT2D eigenvalue weighted by Gasteiger charge is -2.42. The average Bonchev–Trinajstić information content (AvgIpc) is 3.01. The first-order valence-corrected chi connectivity index (χ1v) is 15.7. The van der Waals surface area contributed by atoms with E-state index < -0.39 is 22.0 Å². The SMILES string of the molecule is Cc1c(Cc2ccccc2)c(=O)oc2c3c(cc(OCC(=O)N4CC5CC(C4)c4ccc([NH+]([O-])O)c(=O)n4C5)c12)OC(C)(C)CC3. The van der Waals surface area contributed by atoms with Gasteiger partial charge in [0.1, 0.15) is 22.7 Å². The van der Waals surface area contributed by atoms with Crippen molar-refractivity contribution in [3.63, 3.8) is 0 Å². The number of likely N-dealkylation sites (tertiary alicyclic amines) is 1. The van der Waals surface area contributed by atoms with E-state index in [2.05, 4.69) is 0 Å². The van der Waals surface area contributed by atoms with Crippen molar-refractivity contribution in [2.24, 2.45) is 5.92 Å². The number of hydrogen-bond acceptors (Lipinski definition) is 8. The Labute approximate surface area is 265 Å².